The third-order valence-corrected chi connectivity index (χ3v) is 2.75. The molecule has 12 heavy (non-hydrogen) atoms. The second kappa shape index (κ2) is 3.44. The Morgan fingerprint density at radius 1 is 1.25 bits per heavy atom. The van der Waals surface area contributed by atoms with Crippen LogP contribution >= 0.6 is 0 Å². The molecule has 0 amide bonds. The fraction of sp³-hybridized carbons (Fsp3) is 0.889. The van der Waals surface area contributed by atoms with Crippen molar-refractivity contribution < 1.29 is 9.53 Å². The van der Waals surface area contributed by atoms with E-state index in [1.54, 1.807) is 0 Å². The predicted octanol–water partition coefficient (Wildman–Crippen LogP) is 0.788. The summed E-state index contributed by atoms with van der Waals surface area (Å²) in [6.45, 7) is 2.93. The Hall–Kier alpha value is -0.570. The number of esters is 1. The lowest BCUT2D eigenvalue weighted by Crippen LogP contribution is -2.39. The molecule has 2 fully saturated rings. The number of carbonyl (C=O) groups excluding carboxylic acids is 1. The summed E-state index contributed by atoms with van der Waals surface area (Å²) in [5.74, 6) is -0.0226. The summed E-state index contributed by atoms with van der Waals surface area (Å²) in [5.41, 5.74) is 0. The summed E-state index contributed by atoms with van der Waals surface area (Å²) < 4.78 is 4.94. The minimum Gasteiger partial charge on any atom is -0.464 e. The molecular weight excluding hydrogens is 154 g/mol. The van der Waals surface area contributed by atoms with Crippen LogP contribution in [0.25, 0.3) is 0 Å². The minimum atomic E-state index is -0.0226. The lowest BCUT2D eigenvalue weighted by atomic mass is 10.1. The van der Waals surface area contributed by atoms with Gasteiger partial charge in [-0.2, -0.15) is 0 Å². The highest BCUT2D eigenvalue weighted by Gasteiger charge is 2.29. The lowest BCUT2D eigenvalue weighted by Gasteiger charge is -2.30. The van der Waals surface area contributed by atoms with Crippen LogP contribution in [0.4, 0.5) is 0 Å². The summed E-state index contributed by atoms with van der Waals surface area (Å²) in [6.07, 6.45) is 4.52. The highest BCUT2D eigenvalue weighted by molar-refractivity contribution is 5.72. The van der Waals surface area contributed by atoms with Crippen LogP contribution in [0.3, 0.4) is 0 Å². The fourth-order valence-corrected chi connectivity index (χ4v) is 2.02. The quantitative estimate of drug-likeness (QED) is 0.543. The lowest BCUT2D eigenvalue weighted by molar-refractivity contribution is -0.137. The molecule has 3 heteroatoms. The summed E-state index contributed by atoms with van der Waals surface area (Å²) in [7, 11) is 0. The van der Waals surface area contributed by atoms with Gasteiger partial charge in [-0.15, -0.1) is 0 Å². The van der Waals surface area contributed by atoms with E-state index in [1.165, 1.54) is 19.3 Å². The van der Waals surface area contributed by atoms with Gasteiger partial charge in [-0.1, -0.05) is 6.42 Å². The average Bonchev–Trinajstić information content (AvgIpc) is 2.54. The van der Waals surface area contributed by atoms with Crippen molar-refractivity contribution in [1.29, 1.82) is 0 Å². The van der Waals surface area contributed by atoms with Crippen LogP contribution in [-0.2, 0) is 9.53 Å². The van der Waals surface area contributed by atoms with Crippen LogP contribution in [-0.4, -0.2) is 36.6 Å². The van der Waals surface area contributed by atoms with Gasteiger partial charge in [0.1, 0.15) is 6.61 Å². The van der Waals surface area contributed by atoms with Crippen molar-refractivity contribution in [3.05, 3.63) is 0 Å². The molecule has 2 aliphatic rings. The number of ether oxygens (including phenoxy) is 1. The molecule has 3 nitrogen and oxygen atoms in total. The summed E-state index contributed by atoms with van der Waals surface area (Å²) in [5, 5.41) is 0. The van der Waals surface area contributed by atoms with Gasteiger partial charge in [0.2, 0.25) is 0 Å². The van der Waals surface area contributed by atoms with E-state index in [-0.39, 0.29) is 5.97 Å². The molecule has 0 saturated carbocycles. The fourth-order valence-electron chi connectivity index (χ4n) is 2.02. The molecule has 0 unspecified atom stereocenters. The number of hydrogen-bond donors (Lipinski definition) is 0. The van der Waals surface area contributed by atoms with Gasteiger partial charge in [0, 0.05) is 0 Å². The molecule has 0 spiro atoms. The van der Waals surface area contributed by atoms with Gasteiger partial charge in [0.05, 0.1) is 12.5 Å². The van der Waals surface area contributed by atoms with Crippen LogP contribution in [0.1, 0.15) is 25.7 Å². The SMILES string of the molecule is O=C1C[C@@H](N2CCCCC2)CO1. The number of carbonyl (C=O) groups is 1. The van der Waals surface area contributed by atoms with E-state index < -0.39 is 0 Å². The smallest absolute Gasteiger partial charge is 0.307 e. The topological polar surface area (TPSA) is 29.5 Å². The maximum absolute atomic E-state index is 10.8. The zero-order valence-corrected chi connectivity index (χ0v) is 7.29. The molecule has 0 aliphatic carbocycles. The third-order valence-electron chi connectivity index (χ3n) is 2.75. The molecule has 1 atom stereocenters. The Balaban J connectivity index is 1.86. The number of cyclic esters (lactones) is 1. The van der Waals surface area contributed by atoms with Crippen LogP contribution in [0.5, 0.6) is 0 Å². The highest BCUT2D eigenvalue weighted by Crippen LogP contribution is 2.18. The Labute approximate surface area is 72.7 Å². The predicted molar refractivity (Wildman–Crippen MR) is 44.8 cm³/mol. The second-order valence-electron chi connectivity index (χ2n) is 3.64. The molecule has 0 bridgehead atoms. The van der Waals surface area contributed by atoms with Gasteiger partial charge < -0.3 is 4.74 Å². The minimum absolute atomic E-state index is 0.0226. The first-order chi connectivity index (χ1) is 5.86. The molecule has 0 aromatic carbocycles. The molecule has 68 valence electrons. The number of likely N-dealkylation sites (tertiary alicyclic amines) is 1. The number of rotatable bonds is 1. The molecule has 2 aliphatic heterocycles. The van der Waals surface area contributed by atoms with Crippen molar-refractivity contribution in [1.82, 2.24) is 4.90 Å². The van der Waals surface area contributed by atoms with E-state index in [2.05, 4.69) is 4.90 Å². The first-order valence-electron chi connectivity index (χ1n) is 4.76. The molecule has 0 N–H and O–H groups in total. The molecule has 2 heterocycles. The van der Waals surface area contributed by atoms with Crippen molar-refractivity contribution in [2.45, 2.75) is 31.7 Å². The van der Waals surface area contributed by atoms with E-state index in [1.807, 2.05) is 0 Å². The number of piperidine rings is 1. The molecule has 2 rings (SSSR count). The van der Waals surface area contributed by atoms with Crippen molar-refractivity contribution in [3.63, 3.8) is 0 Å². The van der Waals surface area contributed by atoms with Crippen LogP contribution in [0.2, 0.25) is 0 Å². The van der Waals surface area contributed by atoms with Gasteiger partial charge in [-0.05, 0) is 25.9 Å². The number of nitrogens with zero attached hydrogens (tertiary/aromatic N) is 1. The summed E-state index contributed by atoms with van der Waals surface area (Å²) in [6, 6.07) is 0.387. The van der Waals surface area contributed by atoms with E-state index in [0.717, 1.165) is 13.1 Å². The van der Waals surface area contributed by atoms with Crippen molar-refractivity contribution in [2.24, 2.45) is 0 Å². The first kappa shape index (κ1) is 8.05. The highest BCUT2D eigenvalue weighted by atomic mass is 16.5. The number of hydrogen-bond acceptors (Lipinski definition) is 3. The van der Waals surface area contributed by atoms with Crippen molar-refractivity contribution in [2.75, 3.05) is 19.7 Å². The molecular formula is C9H15NO2. The van der Waals surface area contributed by atoms with Gasteiger partial charge >= 0.3 is 5.97 Å². The first-order valence-corrected chi connectivity index (χ1v) is 4.76. The van der Waals surface area contributed by atoms with Gasteiger partial charge in [-0.3, -0.25) is 9.69 Å². The van der Waals surface area contributed by atoms with E-state index in [9.17, 15) is 4.79 Å². The summed E-state index contributed by atoms with van der Waals surface area (Å²) in [4.78, 5) is 13.2. The normalized spacial score (nSPS) is 32.0. The van der Waals surface area contributed by atoms with E-state index in [4.69, 9.17) is 4.74 Å². The van der Waals surface area contributed by atoms with Crippen molar-refractivity contribution >= 4 is 5.97 Å². The average molecular weight is 169 g/mol. The van der Waals surface area contributed by atoms with E-state index >= 15 is 0 Å². The van der Waals surface area contributed by atoms with Gasteiger partial charge in [0.15, 0.2) is 0 Å². The molecule has 2 saturated heterocycles. The molecule has 0 aromatic heterocycles. The Morgan fingerprint density at radius 2 is 2.00 bits per heavy atom. The van der Waals surface area contributed by atoms with Crippen molar-refractivity contribution in [3.8, 4) is 0 Å². The summed E-state index contributed by atoms with van der Waals surface area (Å²) >= 11 is 0. The monoisotopic (exact) mass is 169 g/mol. The standard InChI is InChI=1S/C9H15NO2/c11-9-6-8(7-12-9)10-4-2-1-3-5-10/h8H,1-7H2/t8-/m1/s1. The third kappa shape index (κ3) is 1.61. The van der Waals surface area contributed by atoms with Gasteiger partial charge in [0.25, 0.3) is 0 Å². The maximum Gasteiger partial charge on any atom is 0.307 e. The zero-order chi connectivity index (χ0) is 8.39. The Kier molecular flexibility index (Phi) is 2.30. The Morgan fingerprint density at radius 3 is 2.58 bits per heavy atom. The second-order valence-corrected chi connectivity index (χ2v) is 3.64. The molecule has 0 radical (unpaired) electrons. The molecule has 0 aromatic rings. The van der Waals surface area contributed by atoms with Crippen LogP contribution in [0, 0.1) is 0 Å². The largest absolute Gasteiger partial charge is 0.464 e. The maximum atomic E-state index is 10.8. The Bertz CT molecular complexity index is 175. The zero-order valence-electron chi connectivity index (χ0n) is 7.29. The van der Waals surface area contributed by atoms with Crippen LogP contribution in [0.15, 0.2) is 0 Å². The van der Waals surface area contributed by atoms with Gasteiger partial charge in [-0.25, -0.2) is 0 Å². The van der Waals surface area contributed by atoms with E-state index in [0.29, 0.717) is 19.1 Å². The van der Waals surface area contributed by atoms with Crippen LogP contribution < -0.4 is 0 Å².